The Morgan fingerprint density at radius 2 is 2.21 bits per heavy atom. The van der Waals surface area contributed by atoms with Crippen molar-refractivity contribution in [2.75, 3.05) is 0 Å². The maximum Gasteiger partial charge on any atom is 0.243 e. The minimum absolute atomic E-state index is 0.277. The van der Waals surface area contributed by atoms with Gasteiger partial charge in [-0.1, -0.05) is 19.8 Å². The second kappa shape index (κ2) is 5.65. The molecule has 1 unspecified atom stereocenters. The molecule has 1 aliphatic rings. The molecule has 1 aromatic heterocycles. The zero-order valence-corrected chi connectivity index (χ0v) is 11.2. The second-order valence-corrected chi connectivity index (χ2v) is 5.11. The molecular weight excluding hydrogens is 245 g/mol. The van der Waals surface area contributed by atoms with Crippen molar-refractivity contribution in [1.82, 2.24) is 10.3 Å². The number of amides is 1. The Balaban J connectivity index is 2.32. The number of nitrogens with one attached hydrogen (secondary N) is 1. The van der Waals surface area contributed by atoms with Crippen LogP contribution in [0.1, 0.15) is 44.7 Å². The summed E-state index contributed by atoms with van der Waals surface area (Å²) < 4.78 is 13.0. The first-order valence-corrected chi connectivity index (χ1v) is 6.78. The van der Waals surface area contributed by atoms with Crippen molar-refractivity contribution >= 4 is 5.91 Å². The van der Waals surface area contributed by atoms with E-state index in [2.05, 4.69) is 10.3 Å². The summed E-state index contributed by atoms with van der Waals surface area (Å²) >= 11 is 0. The molecule has 1 atom stereocenters. The highest BCUT2D eigenvalue weighted by Gasteiger charge is 2.40. The van der Waals surface area contributed by atoms with Gasteiger partial charge in [0.25, 0.3) is 0 Å². The molecule has 0 radical (unpaired) electrons. The molecule has 19 heavy (non-hydrogen) atoms. The van der Waals surface area contributed by atoms with Gasteiger partial charge in [-0.05, 0) is 31.4 Å². The standard InChI is InChI=1S/C14H20FN3O/c1-2-14(13(16)19,18-11-5-3-4-6-11)12-8-7-10(15)9-17-12/h7-9,11,18H,2-6H2,1H3,(H2,16,19). The first-order valence-electron chi connectivity index (χ1n) is 6.78. The van der Waals surface area contributed by atoms with Gasteiger partial charge in [0.2, 0.25) is 5.91 Å². The molecule has 0 saturated heterocycles. The SMILES string of the molecule is CCC(NC1CCCC1)(C(N)=O)c1ccc(F)cn1. The number of carbonyl (C=O) groups excluding carboxylic acids is 1. The van der Waals surface area contributed by atoms with E-state index in [-0.39, 0.29) is 6.04 Å². The molecule has 0 spiro atoms. The van der Waals surface area contributed by atoms with Gasteiger partial charge in [-0.25, -0.2) is 4.39 Å². The van der Waals surface area contributed by atoms with Gasteiger partial charge in [0, 0.05) is 6.04 Å². The van der Waals surface area contributed by atoms with E-state index in [9.17, 15) is 9.18 Å². The van der Waals surface area contributed by atoms with Crippen LogP contribution in [0.25, 0.3) is 0 Å². The first-order chi connectivity index (χ1) is 9.08. The lowest BCUT2D eigenvalue weighted by molar-refractivity contribution is -0.125. The number of nitrogens with zero attached hydrogens (tertiary/aromatic N) is 1. The van der Waals surface area contributed by atoms with E-state index in [1.54, 1.807) is 0 Å². The largest absolute Gasteiger partial charge is 0.368 e. The molecule has 0 aliphatic heterocycles. The van der Waals surface area contributed by atoms with E-state index in [4.69, 9.17) is 5.73 Å². The minimum Gasteiger partial charge on any atom is -0.368 e. The van der Waals surface area contributed by atoms with Crippen molar-refractivity contribution in [2.24, 2.45) is 5.73 Å². The monoisotopic (exact) mass is 265 g/mol. The van der Waals surface area contributed by atoms with Crippen LogP contribution >= 0.6 is 0 Å². The van der Waals surface area contributed by atoms with Crippen LogP contribution in [-0.4, -0.2) is 16.9 Å². The van der Waals surface area contributed by atoms with Gasteiger partial charge < -0.3 is 5.73 Å². The highest BCUT2D eigenvalue weighted by Crippen LogP contribution is 2.28. The maximum absolute atomic E-state index is 13.0. The lowest BCUT2D eigenvalue weighted by Gasteiger charge is -2.33. The molecule has 0 bridgehead atoms. The average Bonchev–Trinajstić information content (AvgIpc) is 2.89. The maximum atomic E-state index is 13.0. The number of primary amides is 1. The summed E-state index contributed by atoms with van der Waals surface area (Å²) in [5.41, 5.74) is 5.09. The molecule has 1 aliphatic carbocycles. The Morgan fingerprint density at radius 1 is 1.53 bits per heavy atom. The third kappa shape index (κ3) is 2.76. The van der Waals surface area contributed by atoms with Crippen molar-refractivity contribution < 1.29 is 9.18 Å². The number of nitrogens with two attached hydrogens (primary N) is 1. The van der Waals surface area contributed by atoms with E-state index >= 15 is 0 Å². The number of pyridine rings is 1. The van der Waals surface area contributed by atoms with Gasteiger partial charge in [0.15, 0.2) is 0 Å². The molecule has 1 fully saturated rings. The molecule has 5 heteroatoms. The summed E-state index contributed by atoms with van der Waals surface area (Å²) in [4.78, 5) is 16.0. The van der Waals surface area contributed by atoms with Crippen molar-refractivity contribution in [3.63, 3.8) is 0 Å². The number of hydrogen-bond donors (Lipinski definition) is 2. The number of carbonyl (C=O) groups is 1. The van der Waals surface area contributed by atoms with Gasteiger partial charge in [0.05, 0.1) is 11.9 Å². The van der Waals surface area contributed by atoms with Crippen LogP contribution in [-0.2, 0) is 10.3 Å². The Kier molecular flexibility index (Phi) is 4.14. The molecular formula is C14H20FN3O. The molecule has 1 heterocycles. The predicted octanol–water partition coefficient (Wildman–Crippen LogP) is 1.84. The lowest BCUT2D eigenvalue weighted by atomic mass is 9.89. The van der Waals surface area contributed by atoms with Crippen LogP contribution in [0.3, 0.4) is 0 Å². The zero-order chi connectivity index (χ0) is 13.9. The fraction of sp³-hybridized carbons (Fsp3) is 0.571. The average molecular weight is 265 g/mol. The fourth-order valence-corrected chi connectivity index (χ4v) is 2.78. The molecule has 1 saturated carbocycles. The predicted molar refractivity (Wildman–Crippen MR) is 70.8 cm³/mol. The third-order valence-electron chi connectivity index (χ3n) is 3.92. The molecule has 1 aromatic rings. The minimum atomic E-state index is -0.997. The third-order valence-corrected chi connectivity index (χ3v) is 3.92. The van der Waals surface area contributed by atoms with Crippen LogP contribution in [0.2, 0.25) is 0 Å². The molecule has 2 rings (SSSR count). The molecule has 104 valence electrons. The van der Waals surface area contributed by atoms with Gasteiger partial charge in [-0.3, -0.25) is 15.1 Å². The van der Waals surface area contributed by atoms with E-state index in [0.29, 0.717) is 12.1 Å². The molecule has 1 amide bonds. The number of aromatic nitrogens is 1. The number of rotatable bonds is 5. The van der Waals surface area contributed by atoms with Crippen molar-refractivity contribution in [3.05, 3.63) is 29.8 Å². The van der Waals surface area contributed by atoms with E-state index in [1.165, 1.54) is 12.1 Å². The number of halogens is 1. The first kappa shape index (κ1) is 13.9. The molecule has 3 N–H and O–H groups in total. The Hall–Kier alpha value is -1.49. The van der Waals surface area contributed by atoms with E-state index in [1.807, 2.05) is 6.92 Å². The summed E-state index contributed by atoms with van der Waals surface area (Å²) in [6, 6.07) is 3.12. The normalized spacial score (nSPS) is 19.3. The topological polar surface area (TPSA) is 68.0 Å². The molecule has 4 nitrogen and oxygen atoms in total. The van der Waals surface area contributed by atoms with Crippen molar-refractivity contribution in [2.45, 2.75) is 50.6 Å². The highest BCUT2D eigenvalue weighted by atomic mass is 19.1. The van der Waals surface area contributed by atoms with E-state index in [0.717, 1.165) is 31.9 Å². The van der Waals surface area contributed by atoms with Gasteiger partial charge in [-0.15, -0.1) is 0 Å². The van der Waals surface area contributed by atoms with Gasteiger partial charge in [0.1, 0.15) is 11.4 Å². The molecule has 0 aromatic carbocycles. The van der Waals surface area contributed by atoms with Gasteiger partial charge >= 0.3 is 0 Å². The second-order valence-electron chi connectivity index (χ2n) is 5.11. The van der Waals surface area contributed by atoms with E-state index < -0.39 is 17.3 Å². The summed E-state index contributed by atoms with van der Waals surface area (Å²) in [5.74, 6) is -0.875. The van der Waals surface area contributed by atoms with Crippen molar-refractivity contribution in [1.29, 1.82) is 0 Å². The fourth-order valence-electron chi connectivity index (χ4n) is 2.78. The summed E-state index contributed by atoms with van der Waals surface area (Å²) in [6.07, 6.45) is 6.02. The summed E-state index contributed by atoms with van der Waals surface area (Å²) in [5, 5.41) is 3.35. The Labute approximate surface area is 112 Å². The van der Waals surface area contributed by atoms with Crippen LogP contribution in [0.5, 0.6) is 0 Å². The van der Waals surface area contributed by atoms with Crippen LogP contribution in [0.15, 0.2) is 18.3 Å². The van der Waals surface area contributed by atoms with Crippen LogP contribution in [0.4, 0.5) is 4.39 Å². The highest BCUT2D eigenvalue weighted by molar-refractivity contribution is 5.85. The Morgan fingerprint density at radius 3 is 2.68 bits per heavy atom. The van der Waals surface area contributed by atoms with Crippen LogP contribution < -0.4 is 11.1 Å². The van der Waals surface area contributed by atoms with Gasteiger partial charge in [-0.2, -0.15) is 0 Å². The summed E-state index contributed by atoms with van der Waals surface area (Å²) in [7, 11) is 0. The Bertz CT molecular complexity index is 443. The zero-order valence-electron chi connectivity index (χ0n) is 11.2. The smallest absolute Gasteiger partial charge is 0.243 e. The summed E-state index contributed by atoms with van der Waals surface area (Å²) in [6.45, 7) is 1.89. The van der Waals surface area contributed by atoms with Crippen LogP contribution in [0, 0.1) is 5.82 Å². The lowest BCUT2D eigenvalue weighted by Crippen LogP contribution is -2.55. The number of hydrogen-bond acceptors (Lipinski definition) is 3. The quantitative estimate of drug-likeness (QED) is 0.853. The van der Waals surface area contributed by atoms with Crippen molar-refractivity contribution in [3.8, 4) is 0 Å².